The van der Waals surface area contributed by atoms with Crippen LogP contribution in [0.5, 0.6) is 0 Å². The summed E-state index contributed by atoms with van der Waals surface area (Å²) in [5.74, 6) is 0.225. The van der Waals surface area contributed by atoms with Crippen molar-refractivity contribution in [1.82, 2.24) is 4.90 Å². The Morgan fingerprint density at radius 3 is 2.46 bits per heavy atom. The van der Waals surface area contributed by atoms with E-state index < -0.39 is 0 Å². The number of fused-ring (bicyclic) bond motifs is 1. The third-order valence-electron chi connectivity index (χ3n) is 5.14. The Kier molecular flexibility index (Phi) is 4.33. The number of rotatable bonds is 3. The van der Waals surface area contributed by atoms with Gasteiger partial charge in [0, 0.05) is 19.0 Å². The molecule has 0 saturated carbocycles. The summed E-state index contributed by atoms with van der Waals surface area (Å²) in [5, 5.41) is 13.3. The van der Waals surface area contributed by atoms with Crippen LogP contribution in [-0.2, 0) is 6.54 Å². The van der Waals surface area contributed by atoms with Gasteiger partial charge in [-0.25, -0.2) is 0 Å². The van der Waals surface area contributed by atoms with E-state index in [9.17, 15) is 5.11 Å². The first kappa shape index (κ1) is 15.4. The second-order valence-corrected chi connectivity index (χ2v) is 6.75. The molecule has 0 unspecified atom stereocenters. The number of β-amino-alcohol motifs (C(OH)–C–C–N with tert-alkyl or cyclic N) is 1. The highest BCUT2D eigenvalue weighted by atomic mass is 16.3. The second kappa shape index (κ2) is 6.76. The van der Waals surface area contributed by atoms with Crippen LogP contribution >= 0.6 is 0 Å². The average molecular weight is 317 g/mol. The van der Waals surface area contributed by atoms with Gasteiger partial charge in [0.05, 0.1) is 6.10 Å². The Hall–Kier alpha value is -2.16. The van der Waals surface area contributed by atoms with Crippen molar-refractivity contribution in [2.75, 3.05) is 13.1 Å². The molecule has 24 heavy (non-hydrogen) atoms. The monoisotopic (exact) mass is 317 g/mol. The maximum atomic E-state index is 10.8. The highest BCUT2D eigenvalue weighted by Gasteiger charge is 2.29. The molecule has 122 valence electrons. The second-order valence-electron chi connectivity index (χ2n) is 6.75. The molecule has 2 atom stereocenters. The summed E-state index contributed by atoms with van der Waals surface area (Å²) in [4.78, 5) is 2.36. The molecule has 0 amide bonds. The van der Waals surface area contributed by atoms with Gasteiger partial charge in [-0.15, -0.1) is 0 Å². The third-order valence-corrected chi connectivity index (χ3v) is 5.14. The van der Waals surface area contributed by atoms with Crippen LogP contribution in [0.2, 0.25) is 0 Å². The molecule has 1 heterocycles. The van der Waals surface area contributed by atoms with Crippen molar-refractivity contribution in [2.45, 2.75) is 25.0 Å². The Morgan fingerprint density at radius 1 is 0.875 bits per heavy atom. The molecule has 0 aliphatic carbocycles. The molecule has 1 saturated heterocycles. The lowest BCUT2D eigenvalue weighted by Crippen LogP contribution is -2.42. The molecule has 3 aromatic carbocycles. The number of nitrogens with zero attached hydrogens (tertiary/aromatic N) is 1. The van der Waals surface area contributed by atoms with Crippen molar-refractivity contribution in [3.63, 3.8) is 0 Å². The van der Waals surface area contributed by atoms with Crippen LogP contribution in [0.15, 0.2) is 72.8 Å². The van der Waals surface area contributed by atoms with E-state index in [2.05, 4.69) is 71.6 Å². The number of hydrogen-bond donors (Lipinski definition) is 1. The number of benzene rings is 3. The fourth-order valence-corrected chi connectivity index (χ4v) is 3.92. The van der Waals surface area contributed by atoms with Crippen molar-refractivity contribution in [2.24, 2.45) is 0 Å². The van der Waals surface area contributed by atoms with Crippen molar-refractivity contribution in [1.29, 1.82) is 0 Å². The summed E-state index contributed by atoms with van der Waals surface area (Å²) in [6, 6.07) is 25.4. The molecule has 1 aliphatic rings. The maximum absolute atomic E-state index is 10.8. The Labute approximate surface area is 143 Å². The van der Waals surface area contributed by atoms with Crippen LogP contribution in [0.3, 0.4) is 0 Å². The molecule has 0 aromatic heterocycles. The van der Waals surface area contributed by atoms with Gasteiger partial charge in [0.2, 0.25) is 0 Å². The van der Waals surface area contributed by atoms with Crippen molar-refractivity contribution in [3.05, 3.63) is 83.9 Å². The lowest BCUT2D eigenvalue weighted by molar-refractivity contribution is 0.0481. The molecule has 2 heteroatoms. The average Bonchev–Trinajstić information content (AvgIpc) is 2.62. The Morgan fingerprint density at radius 2 is 1.62 bits per heavy atom. The summed E-state index contributed by atoms with van der Waals surface area (Å²) >= 11 is 0. The smallest absolute Gasteiger partial charge is 0.0736 e. The summed E-state index contributed by atoms with van der Waals surface area (Å²) in [5.41, 5.74) is 2.60. The van der Waals surface area contributed by atoms with Gasteiger partial charge in [-0.2, -0.15) is 0 Å². The van der Waals surface area contributed by atoms with Crippen LogP contribution in [-0.4, -0.2) is 29.2 Å². The summed E-state index contributed by atoms with van der Waals surface area (Å²) in [7, 11) is 0. The molecule has 2 nitrogen and oxygen atoms in total. The maximum Gasteiger partial charge on any atom is 0.0736 e. The van der Waals surface area contributed by atoms with Crippen molar-refractivity contribution >= 4 is 10.8 Å². The van der Waals surface area contributed by atoms with Gasteiger partial charge in [-0.05, 0) is 34.9 Å². The predicted molar refractivity (Wildman–Crippen MR) is 99.0 cm³/mol. The van der Waals surface area contributed by atoms with Crippen LogP contribution < -0.4 is 0 Å². The first-order chi connectivity index (χ1) is 11.8. The fraction of sp³-hybridized carbons (Fsp3) is 0.273. The Bertz CT molecular complexity index is 809. The molecule has 0 spiro atoms. The van der Waals surface area contributed by atoms with Gasteiger partial charge >= 0.3 is 0 Å². The number of aliphatic hydroxyl groups is 1. The SMILES string of the molecule is O[C@H]1CN(Cc2ccccc2)CC[C@@H]1c1cccc2ccccc12. The minimum Gasteiger partial charge on any atom is -0.391 e. The van der Waals surface area contributed by atoms with Gasteiger partial charge in [0.15, 0.2) is 0 Å². The minimum atomic E-state index is -0.312. The standard InChI is InChI=1S/C22H23NO/c24-22-16-23(15-17-7-2-1-3-8-17)14-13-21(22)20-12-6-10-18-9-4-5-11-19(18)20/h1-12,21-22,24H,13-16H2/t21-,22+/m1/s1. The molecule has 1 aliphatic heterocycles. The zero-order valence-corrected chi connectivity index (χ0v) is 13.8. The predicted octanol–water partition coefficient (Wildman–Crippen LogP) is 4.19. The highest BCUT2D eigenvalue weighted by molar-refractivity contribution is 5.86. The quantitative estimate of drug-likeness (QED) is 0.783. The zero-order chi connectivity index (χ0) is 16.4. The van der Waals surface area contributed by atoms with E-state index in [0.29, 0.717) is 0 Å². The van der Waals surface area contributed by atoms with Gasteiger partial charge < -0.3 is 5.11 Å². The molecule has 1 fully saturated rings. The van der Waals surface area contributed by atoms with Crippen molar-refractivity contribution < 1.29 is 5.11 Å². The number of aliphatic hydroxyl groups excluding tert-OH is 1. The van der Waals surface area contributed by atoms with E-state index in [1.165, 1.54) is 21.9 Å². The van der Waals surface area contributed by atoms with E-state index in [4.69, 9.17) is 0 Å². The molecule has 1 N–H and O–H groups in total. The molecular weight excluding hydrogens is 294 g/mol. The van der Waals surface area contributed by atoms with E-state index in [0.717, 1.165) is 26.1 Å². The zero-order valence-electron chi connectivity index (χ0n) is 13.8. The van der Waals surface area contributed by atoms with Crippen LogP contribution in [0.1, 0.15) is 23.5 Å². The van der Waals surface area contributed by atoms with Gasteiger partial charge in [-0.1, -0.05) is 72.8 Å². The van der Waals surface area contributed by atoms with E-state index in [1.54, 1.807) is 0 Å². The van der Waals surface area contributed by atoms with Gasteiger partial charge in [-0.3, -0.25) is 4.90 Å². The Balaban J connectivity index is 1.52. The molecular formula is C22H23NO. The molecule has 3 aromatic rings. The summed E-state index contributed by atoms with van der Waals surface area (Å²) < 4.78 is 0. The third kappa shape index (κ3) is 3.08. The lowest BCUT2D eigenvalue weighted by Gasteiger charge is -2.36. The normalized spacial score (nSPS) is 21.9. The van der Waals surface area contributed by atoms with Crippen LogP contribution in [0, 0.1) is 0 Å². The van der Waals surface area contributed by atoms with Gasteiger partial charge in [0.25, 0.3) is 0 Å². The van der Waals surface area contributed by atoms with E-state index in [1.807, 2.05) is 6.07 Å². The molecule has 0 radical (unpaired) electrons. The summed E-state index contributed by atoms with van der Waals surface area (Å²) in [6.45, 7) is 2.68. The number of hydrogen-bond acceptors (Lipinski definition) is 2. The van der Waals surface area contributed by atoms with Crippen LogP contribution in [0.4, 0.5) is 0 Å². The highest BCUT2D eigenvalue weighted by Crippen LogP contribution is 2.33. The summed E-state index contributed by atoms with van der Waals surface area (Å²) in [6.07, 6.45) is 0.690. The molecule has 0 bridgehead atoms. The lowest BCUT2D eigenvalue weighted by atomic mass is 9.84. The van der Waals surface area contributed by atoms with E-state index >= 15 is 0 Å². The molecule has 4 rings (SSSR count). The minimum absolute atomic E-state index is 0.225. The first-order valence-electron chi connectivity index (χ1n) is 8.73. The largest absolute Gasteiger partial charge is 0.391 e. The first-order valence-corrected chi connectivity index (χ1v) is 8.73. The number of likely N-dealkylation sites (tertiary alicyclic amines) is 1. The van der Waals surface area contributed by atoms with Crippen LogP contribution in [0.25, 0.3) is 10.8 Å². The van der Waals surface area contributed by atoms with E-state index in [-0.39, 0.29) is 12.0 Å². The number of piperidine rings is 1. The van der Waals surface area contributed by atoms with Gasteiger partial charge in [0.1, 0.15) is 0 Å². The topological polar surface area (TPSA) is 23.5 Å². The van der Waals surface area contributed by atoms with Crippen molar-refractivity contribution in [3.8, 4) is 0 Å². The fourth-order valence-electron chi connectivity index (χ4n) is 3.92.